The first-order valence-electron chi connectivity index (χ1n) is 5.23. The molecule has 1 saturated carbocycles. The molecular formula is C9H18N2O2S. The van der Waals surface area contributed by atoms with Gasteiger partial charge in [0.25, 0.3) is 0 Å². The first-order chi connectivity index (χ1) is 6.55. The predicted molar refractivity (Wildman–Crippen MR) is 55.8 cm³/mol. The van der Waals surface area contributed by atoms with E-state index in [9.17, 15) is 8.42 Å². The van der Waals surface area contributed by atoms with Gasteiger partial charge in [-0.1, -0.05) is 0 Å². The molecule has 0 atom stereocenters. The lowest BCUT2D eigenvalue weighted by atomic mass is 9.80. The van der Waals surface area contributed by atoms with Gasteiger partial charge in [0.15, 0.2) is 9.84 Å². The van der Waals surface area contributed by atoms with Gasteiger partial charge >= 0.3 is 0 Å². The molecule has 0 radical (unpaired) electrons. The van der Waals surface area contributed by atoms with Gasteiger partial charge < -0.3 is 10.6 Å². The van der Waals surface area contributed by atoms with E-state index in [1.54, 1.807) is 0 Å². The smallest absolute Gasteiger partial charge is 0.152 e. The number of hydrogen-bond acceptors (Lipinski definition) is 4. The van der Waals surface area contributed by atoms with Crippen LogP contribution >= 0.6 is 0 Å². The van der Waals surface area contributed by atoms with E-state index in [1.807, 2.05) is 0 Å². The molecule has 1 heterocycles. The lowest BCUT2D eigenvalue weighted by Gasteiger charge is -2.37. The Kier molecular flexibility index (Phi) is 2.81. The third kappa shape index (κ3) is 2.46. The Morgan fingerprint density at radius 2 is 1.79 bits per heavy atom. The summed E-state index contributed by atoms with van der Waals surface area (Å²) in [5.74, 6) is 1.39. The fourth-order valence-corrected chi connectivity index (χ4v) is 3.51. The van der Waals surface area contributed by atoms with Gasteiger partial charge in [-0.2, -0.15) is 0 Å². The molecule has 2 N–H and O–H groups in total. The van der Waals surface area contributed by atoms with Gasteiger partial charge in [0.1, 0.15) is 0 Å². The highest BCUT2D eigenvalue weighted by atomic mass is 32.2. The average Bonchev–Trinajstić information content (AvgIpc) is 2.06. The highest BCUT2D eigenvalue weighted by molar-refractivity contribution is 7.91. The van der Waals surface area contributed by atoms with Crippen LogP contribution in [0.4, 0.5) is 0 Å². The van der Waals surface area contributed by atoms with Crippen molar-refractivity contribution in [3.63, 3.8) is 0 Å². The SMILES string of the molecule is NC1CC(CN2CCS(=O)(=O)CC2)C1. The average molecular weight is 218 g/mol. The zero-order chi connectivity index (χ0) is 10.2. The van der Waals surface area contributed by atoms with E-state index in [2.05, 4.69) is 4.90 Å². The maximum absolute atomic E-state index is 11.2. The fourth-order valence-electron chi connectivity index (χ4n) is 2.23. The van der Waals surface area contributed by atoms with Crippen molar-refractivity contribution in [1.29, 1.82) is 0 Å². The van der Waals surface area contributed by atoms with Crippen LogP contribution in [0.1, 0.15) is 12.8 Å². The molecule has 4 nitrogen and oxygen atoms in total. The van der Waals surface area contributed by atoms with Crippen LogP contribution in [0.3, 0.4) is 0 Å². The topological polar surface area (TPSA) is 63.4 Å². The van der Waals surface area contributed by atoms with E-state index in [4.69, 9.17) is 5.73 Å². The van der Waals surface area contributed by atoms with Gasteiger partial charge in [-0.15, -0.1) is 0 Å². The molecular weight excluding hydrogens is 200 g/mol. The number of sulfone groups is 1. The summed E-state index contributed by atoms with van der Waals surface area (Å²) in [5, 5.41) is 0. The standard InChI is InChI=1S/C9H18N2O2S/c10-9-5-8(6-9)7-11-1-3-14(12,13)4-2-11/h8-9H,1-7,10H2. The molecule has 2 aliphatic rings. The number of nitrogens with two attached hydrogens (primary N) is 1. The summed E-state index contributed by atoms with van der Waals surface area (Å²) in [7, 11) is -2.72. The van der Waals surface area contributed by atoms with Crippen molar-refractivity contribution in [1.82, 2.24) is 4.90 Å². The summed E-state index contributed by atoms with van der Waals surface area (Å²) in [6, 6.07) is 0.397. The molecule has 1 aliphatic heterocycles. The highest BCUT2D eigenvalue weighted by Gasteiger charge is 2.29. The summed E-state index contributed by atoms with van der Waals surface area (Å²) in [6.45, 7) is 2.48. The molecule has 0 unspecified atom stereocenters. The summed E-state index contributed by atoms with van der Waals surface area (Å²) in [6.07, 6.45) is 2.23. The van der Waals surface area contributed by atoms with Crippen molar-refractivity contribution in [2.45, 2.75) is 18.9 Å². The molecule has 0 aromatic rings. The summed E-state index contributed by atoms with van der Waals surface area (Å²) in [4.78, 5) is 2.26. The Labute approximate surface area is 85.4 Å². The van der Waals surface area contributed by atoms with E-state index in [0.29, 0.717) is 36.6 Å². The molecule has 0 amide bonds. The van der Waals surface area contributed by atoms with E-state index < -0.39 is 9.84 Å². The van der Waals surface area contributed by atoms with Crippen LogP contribution in [-0.4, -0.2) is 50.5 Å². The van der Waals surface area contributed by atoms with Crippen molar-refractivity contribution < 1.29 is 8.42 Å². The lowest BCUT2D eigenvalue weighted by molar-refractivity contribution is 0.168. The van der Waals surface area contributed by atoms with E-state index >= 15 is 0 Å². The Morgan fingerprint density at radius 1 is 1.21 bits per heavy atom. The highest BCUT2D eigenvalue weighted by Crippen LogP contribution is 2.26. The Bertz CT molecular complexity index is 282. The molecule has 1 saturated heterocycles. The first-order valence-corrected chi connectivity index (χ1v) is 7.06. The second-order valence-electron chi connectivity index (χ2n) is 4.55. The molecule has 2 rings (SSSR count). The van der Waals surface area contributed by atoms with Gasteiger partial charge in [-0.3, -0.25) is 0 Å². The van der Waals surface area contributed by atoms with Crippen molar-refractivity contribution >= 4 is 9.84 Å². The van der Waals surface area contributed by atoms with Crippen LogP contribution in [0.2, 0.25) is 0 Å². The van der Waals surface area contributed by atoms with Crippen molar-refractivity contribution in [3.05, 3.63) is 0 Å². The third-order valence-electron chi connectivity index (χ3n) is 3.23. The van der Waals surface area contributed by atoms with Crippen molar-refractivity contribution in [2.24, 2.45) is 11.7 Å². The summed E-state index contributed by atoms with van der Waals surface area (Å²) >= 11 is 0. The van der Waals surface area contributed by atoms with Gasteiger partial charge in [0.05, 0.1) is 11.5 Å². The zero-order valence-corrected chi connectivity index (χ0v) is 9.17. The number of rotatable bonds is 2. The van der Waals surface area contributed by atoms with E-state index in [-0.39, 0.29) is 0 Å². The van der Waals surface area contributed by atoms with Crippen molar-refractivity contribution in [3.8, 4) is 0 Å². The largest absolute Gasteiger partial charge is 0.328 e. The summed E-state index contributed by atoms with van der Waals surface area (Å²) in [5.41, 5.74) is 5.70. The fraction of sp³-hybridized carbons (Fsp3) is 1.00. The predicted octanol–water partition coefficient (Wildman–Crippen LogP) is -0.546. The molecule has 2 fully saturated rings. The van der Waals surface area contributed by atoms with Crippen LogP contribution in [0.15, 0.2) is 0 Å². The van der Waals surface area contributed by atoms with Gasteiger partial charge in [0, 0.05) is 25.7 Å². The maximum Gasteiger partial charge on any atom is 0.152 e. The molecule has 1 aliphatic carbocycles. The normalized spacial score (nSPS) is 37.8. The Balaban J connectivity index is 1.74. The van der Waals surface area contributed by atoms with E-state index in [1.165, 1.54) is 0 Å². The monoisotopic (exact) mass is 218 g/mol. The zero-order valence-electron chi connectivity index (χ0n) is 8.35. The third-order valence-corrected chi connectivity index (χ3v) is 4.83. The van der Waals surface area contributed by atoms with Crippen LogP contribution in [0.25, 0.3) is 0 Å². The molecule has 82 valence electrons. The maximum atomic E-state index is 11.2. The summed E-state index contributed by atoms with van der Waals surface area (Å²) < 4.78 is 22.3. The molecule has 0 spiro atoms. The quantitative estimate of drug-likeness (QED) is 0.676. The molecule has 0 aromatic heterocycles. The minimum absolute atomic E-state index is 0.339. The minimum Gasteiger partial charge on any atom is -0.328 e. The van der Waals surface area contributed by atoms with Crippen LogP contribution < -0.4 is 5.73 Å². The Hall–Kier alpha value is -0.130. The van der Waals surface area contributed by atoms with Crippen molar-refractivity contribution in [2.75, 3.05) is 31.1 Å². The number of nitrogens with zero attached hydrogens (tertiary/aromatic N) is 1. The molecule has 5 heteroatoms. The van der Waals surface area contributed by atoms with Gasteiger partial charge in [0.2, 0.25) is 0 Å². The van der Waals surface area contributed by atoms with Gasteiger partial charge in [-0.25, -0.2) is 8.42 Å². The second-order valence-corrected chi connectivity index (χ2v) is 6.85. The molecule has 0 bridgehead atoms. The molecule has 14 heavy (non-hydrogen) atoms. The molecule has 0 aromatic carbocycles. The van der Waals surface area contributed by atoms with Crippen LogP contribution in [-0.2, 0) is 9.84 Å². The minimum atomic E-state index is -2.72. The van der Waals surface area contributed by atoms with Crippen LogP contribution in [0.5, 0.6) is 0 Å². The Morgan fingerprint density at radius 3 is 2.29 bits per heavy atom. The second kappa shape index (κ2) is 3.79. The number of hydrogen-bond donors (Lipinski definition) is 1. The lowest BCUT2D eigenvalue weighted by Crippen LogP contribution is -2.47. The van der Waals surface area contributed by atoms with Crippen LogP contribution in [0, 0.1) is 5.92 Å². The first kappa shape index (κ1) is 10.4. The van der Waals surface area contributed by atoms with Gasteiger partial charge in [-0.05, 0) is 18.8 Å². The van der Waals surface area contributed by atoms with E-state index in [0.717, 1.165) is 19.4 Å².